The van der Waals surface area contributed by atoms with E-state index < -0.39 is 6.10 Å². The fraction of sp³-hybridized carbons (Fsp3) is 0.672. The van der Waals surface area contributed by atoms with Gasteiger partial charge in [0.25, 0.3) is 0 Å². The van der Waals surface area contributed by atoms with Gasteiger partial charge in [-0.25, -0.2) is 0 Å². The van der Waals surface area contributed by atoms with Crippen molar-refractivity contribution in [2.45, 2.75) is 239 Å². The van der Waals surface area contributed by atoms with Gasteiger partial charge in [0.2, 0.25) is 0 Å². The molecule has 0 rings (SSSR count). The number of unbranched alkanes of at least 4 members (excludes halogenated alkanes) is 21. The van der Waals surface area contributed by atoms with Crippen LogP contribution in [0.15, 0.2) is 97.2 Å². The summed E-state index contributed by atoms with van der Waals surface area (Å²) in [4.78, 5) is 37.9. The lowest BCUT2D eigenvalue weighted by atomic mass is 10.1. The molecular weight excluding hydrogens is 793 g/mol. The molecule has 6 heteroatoms. The van der Waals surface area contributed by atoms with Crippen molar-refractivity contribution in [3.05, 3.63) is 97.2 Å². The van der Waals surface area contributed by atoms with E-state index in [0.717, 1.165) is 116 Å². The molecule has 0 amide bonds. The van der Waals surface area contributed by atoms with Gasteiger partial charge in [-0.1, -0.05) is 208 Å². The highest BCUT2D eigenvalue weighted by atomic mass is 16.6. The van der Waals surface area contributed by atoms with Crippen LogP contribution in [0.3, 0.4) is 0 Å². The first-order valence-corrected chi connectivity index (χ1v) is 26.3. The molecule has 0 aromatic rings. The van der Waals surface area contributed by atoms with Crippen LogP contribution in [0.1, 0.15) is 233 Å². The fourth-order valence-electron chi connectivity index (χ4n) is 6.91. The predicted octanol–water partition coefficient (Wildman–Crippen LogP) is 17.4. The van der Waals surface area contributed by atoms with Crippen LogP contribution < -0.4 is 0 Å². The monoisotopic (exact) mass is 889 g/mol. The molecule has 0 aliphatic heterocycles. The number of esters is 3. The number of carbonyl (C=O) groups is 3. The normalized spacial score (nSPS) is 12.9. The van der Waals surface area contributed by atoms with Gasteiger partial charge in [-0.15, -0.1) is 0 Å². The third-order valence-electron chi connectivity index (χ3n) is 10.9. The fourth-order valence-corrected chi connectivity index (χ4v) is 6.91. The van der Waals surface area contributed by atoms with Crippen molar-refractivity contribution in [2.75, 3.05) is 13.2 Å². The molecule has 0 aromatic carbocycles. The Morgan fingerprint density at radius 3 is 1.17 bits per heavy atom. The quantitative estimate of drug-likeness (QED) is 0.0199. The molecule has 0 spiro atoms. The van der Waals surface area contributed by atoms with Crippen LogP contribution in [0.25, 0.3) is 0 Å². The molecule has 0 aromatic heterocycles. The summed E-state index contributed by atoms with van der Waals surface area (Å²) in [7, 11) is 0. The Kier molecular flexibility index (Phi) is 49.0. The lowest BCUT2D eigenvalue weighted by Crippen LogP contribution is -2.30. The molecule has 0 aliphatic rings. The van der Waals surface area contributed by atoms with Gasteiger partial charge in [0, 0.05) is 19.3 Å². The van der Waals surface area contributed by atoms with Crippen molar-refractivity contribution in [1.29, 1.82) is 0 Å². The molecule has 364 valence electrons. The van der Waals surface area contributed by atoms with Crippen LogP contribution in [-0.2, 0) is 28.6 Å². The number of hydrogen-bond acceptors (Lipinski definition) is 6. The van der Waals surface area contributed by atoms with Crippen LogP contribution in [0.4, 0.5) is 0 Å². The summed E-state index contributed by atoms with van der Waals surface area (Å²) in [5, 5.41) is 0. The summed E-state index contributed by atoms with van der Waals surface area (Å²) >= 11 is 0. The van der Waals surface area contributed by atoms with Gasteiger partial charge in [-0.2, -0.15) is 0 Å². The molecule has 1 atom stereocenters. The van der Waals surface area contributed by atoms with Crippen molar-refractivity contribution < 1.29 is 28.6 Å². The number of rotatable bonds is 46. The number of carbonyl (C=O) groups excluding carboxylic acids is 3. The molecule has 0 heterocycles. The topological polar surface area (TPSA) is 78.9 Å². The largest absolute Gasteiger partial charge is 0.462 e. The zero-order valence-corrected chi connectivity index (χ0v) is 41.5. The Morgan fingerprint density at radius 1 is 0.344 bits per heavy atom. The maximum Gasteiger partial charge on any atom is 0.306 e. The standard InChI is InChI=1S/C58H96O6/c1-4-7-10-13-16-19-21-23-25-27-29-31-32-34-36-39-42-45-48-51-57(60)63-54-55(53-62-56(59)50-47-44-41-38-18-15-12-9-6-3)64-58(61)52-49-46-43-40-37-35-33-30-28-26-24-22-20-17-14-11-8-5-2/h7,10,16,19,22-26,28-31,33,38,41,55H,4-6,8-9,11-15,17-18,20-21,27,32,34-37,39-40,42-54H2,1-3H3/b10-7-,19-16-,24-22-,25-23-,28-26-,31-29-,33-30-,41-38-. The highest BCUT2D eigenvalue weighted by Crippen LogP contribution is 2.13. The third kappa shape index (κ3) is 49.3. The van der Waals surface area contributed by atoms with Crippen LogP contribution in [0, 0.1) is 0 Å². The second-order valence-electron chi connectivity index (χ2n) is 17.1. The molecular formula is C58H96O6. The summed E-state index contributed by atoms with van der Waals surface area (Å²) in [6.07, 6.45) is 68.3. The number of ether oxygens (including phenoxy) is 3. The summed E-state index contributed by atoms with van der Waals surface area (Å²) in [5.74, 6) is -0.976. The summed E-state index contributed by atoms with van der Waals surface area (Å²) in [6.45, 7) is 6.41. The highest BCUT2D eigenvalue weighted by molar-refractivity contribution is 5.71. The van der Waals surface area contributed by atoms with E-state index >= 15 is 0 Å². The minimum atomic E-state index is -0.805. The van der Waals surface area contributed by atoms with Crippen molar-refractivity contribution in [2.24, 2.45) is 0 Å². The van der Waals surface area contributed by atoms with E-state index in [4.69, 9.17) is 14.2 Å². The summed E-state index contributed by atoms with van der Waals surface area (Å²) < 4.78 is 16.7. The van der Waals surface area contributed by atoms with E-state index in [-0.39, 0.29) is 31.1 Å². The Hall–Kier alpha value is -3.67. The molecule has 1 unspecified atom stereocenters. The van der Waals surface area contributed by atoms with Gasteiger partial charge in [0.05, 0.1) is 0 Å². The second-order valence-corrected chi connectivity index (χ2v) is 17.1. The minimum absolute atomic E-state index is 0.103. The Balaban J connectivity index is 4.42. The van der Waals surface area contributed by atoms with E-state index in [1.54, 1.807) is 0 Å². The van der Waals surface area contributed by atoms with E-state index in [9.17, 15) is 14.4 Å². The van der Waals surface area contributed by atoms with Gasteiger partial charge in [-0.3, -0.25) is 14.4 Å². The molecule has 0 aliphatic carbocycles. The zero-order chi connectivity index (χ0) is 46.5. The van der Waals surface area contributed by atoms with Gasteiger partial charge >= 0.3 is 17.9 Å². The Morgan fingerprint density at radius 2 is 0.688 bits per heavy atom. The molecule has 6 nitrogen and oxygen atoms in total. The summed E-state index contributed by atoms with van der Waals surface area (Å²) in [5.41, 5.74) is 0. The highest BCUT2D eigenvalue weighted by Gasteiger charge is 2.19. The number of hydrogen-bond donors (Lipinski definition) is 0. The smallest absolute Gasteiger partial charge is 0.306 e. The van der Waals surface area contributed by atoms with Crippen LogP contribution >= 0.6 is 0 Å². The summed E-state index contributed by atoms with van der Waals surface area (Å²) in [6, 6.07) is 0. The van der Waals surface area contributed by atoms with E-state index in [0.29, 0.717) is 25.7 Å². The van der Waals surface area contributed by atoms with Gasteiger partial charge in [-0.05, 0) is 103 Å². The first-order valence-electron chi connectivity index (χ1n) is 26.3. The lowest BCUT2D eigenvalue weighted by molar-refractivity contribution is -0.167. The predicted molar refractivity (Wildman–Crippen MR) is 274 cm³/mol. The Labute approximate surface area is 394 Å². The first-order chi connectivity index (χ1) is 31.5. The van der Waals surface area contributed by atoms with Crippen molar-refractivity contribution in [3.8, 4) is 0 Å². The third-order valence-corrected chi connectivity index (χ3v) is 10.9. The van der Waals surface area contributed by atoms with E-state index in [1.807, 2.05) is 0 Å². The maximum absolute atomic E-state index is 12.8. The second kappa shape index (κ2) is 52.0. The SMILES string of the molecule is CC/C=C\C/C=C\C/C=C\C/C=C\CCCCCCCCC(=O)OCC(COC(=O)CCC/C=C\CCCCCC)OC(=O)CCCCCCC\C=C/C=C\C=C/CCCCCCC. The molecule has 0 fully saturated rings. The maximum atomic E-state index is 12.8. The lowest BCUT2D eigenvalue weighted by Gasteiger charge is -2.18. The first kappa shape index (κ1) is 60.3. The average molecular weight is 889 g/mol. The average Bonchev–Trinajstić information content (AvgIpc) is 3.29. The zero-order valence-electron chi connectivity index (χ0n) is 41.5. The van der Waals surface area contributed by atoms with Crippen molar-refractivity contribution in [1.82, 2.24) is 0 Å². The minimum Gasteiger partial charge on any atom is -0.462 e. The van der Waals surface area contributed by atoms with Gasteiger partial charge < -0.3 is 14.2 Å². The van der Waals surface area contributed by atoms with E-state index in [1.165, 1.54) is 70.6 Å². The molecule has 64 heavy (non-hydrogen) atoms. The van der Waals surface area contributed by atoms with Crippen LogP contribution in [0.2, 0.25) is 0 Å². The van der Waals surface area contributed by atoms with Crippen molar-refractivity contribution >= 4 is 17.9 Å². The molecule has 0 saturated heterocycles. The number of allylic oxidation sites excluding steroid dienone is 16. The van der Waals surface area contributed by atoms with E-state index in [2.05, 4.69) is 118 Å². The molecule has 0 radical (unpaired) electrons. The van der Waals surface area contributed by atoms with Crippen LogP contribution in [-0.4, -0.2) is 37.2 Å². The molecule has 0 N–H and O–H groups in total. The van der Waals surface area contributed by atoms with Crippen molar-refractivity contribution in [3.63, 3.8) is 0 Å². The molecule has 0 saturated carbocycles. The van der Waals surface area contributed by atoms with Gasteiger partial charge in [0.15, 0.2) is 6.10 Å². The van der Waals surface area contributed by atoms with Gasteiger partial charge in [0.1, 0.15) is 13.2 Å². The Bertz CT molecular complexity index is 1300. The molecule has 0 bridgehead atoms. The van der Waals surface area contributed by atoms with Crippen LogP contribution in [0.5, 0.6) is 0 Å².